The Kier molecular flexibility index (Phi) is 3.38. The predicted molar refractivity (Wildman–Crippen MR) is 47.2 cm³/mol. The van der Waals surface area contributed by atoms with Crippen LogP contribution in [0.15, 0.2) is 18.2 Å². The second kappa shape index (κ2) is 4.18. The summed E-state index contributed by atoms with van der Waals surface area (Å²) >= 11 is 3.59. The summed E-state index contributed by atoms with van der Waals surface area (Å²) in [6, 6.07) is 2.54. The number of halogens is 4. The first-order valence-electron chi connectivity index (χ1n) is 3.67. The van der Waals surface area contributed by atoms with Crippen molar-refractivity contribution in [2.24, 2.45) is 0 Å². The Morgan fingerprint density at radius 3 is 2.43 bits per heavy atom. The van der Waals surface area contributed by atoms with Crippen molar-refractivity contribution in [3.05, 3.63) is 35.1 Å². The van der Waals surface area contributed by atoms with Crippen molar-refractivity contribution in [1.82, 2.24) is 4.72 Å². The summed E-state index contributed by atoms with van der Waals surface area (Å²) in [5, 5.41) is 0. The highest BCUT2D eigenvalue weighted by atomic mass is 32.1. The minimum Gasteiger partial charge on any atom is -0.262 e. The lowest BCUT2D eigenvalue weighted by atomic mass is 10.1. The normalized spacial score (nSPS) is 11.8. The SMILES string of the molecule is Fc1ccc(CNS)c(C(F)(F)F)c1. The first-order valence-corrected chi connectivity index (χ1v) is 4.12. The molecule has 1 rings (SSSR count). The van der Waals surface area contributed by atoms with Crippen molar-refractivity contribution in [2.45, 2.75) is 12.7 Å². The fraction of sp³-hybridized carbons (Fsp3) is 0.250. The molecule has 0 aliphatic heterocycles. The molecule has 0 aliphatic carbocycles. The largest absolute Gasteiger partial charge is 0.416 e. The van der Waals surface area contributed by atoms with Gasteiger partial charge in [-0.25, -0.2) is 4.39 Å². The van der Waals surface area contributed by atoms with Crippen molar-refractivity contribution in [3.8, 4) is 0 Å². The third kappa shape index (κ3) is 2.62. The van der Waals surface area contributed by atoms with Crippen LogP contribution >= 0.6 is 12.8 Å². The quantitative estimate of drug-likeness (QED) is 0.582. The minimum atomic E-state index is -4.54. The summed E-state index contributed by atoms with van der Waals surface area (Å²) in [6.07, 6.45) is -4.54. The number of benzene rings is 1. The molecule has 1 aromatic rings. The van der Waals surface area contributed by atoms with Gasteiger partial charge in [-0.2, -0.15) is 13.2 Å². The second-order valence-corrected chi connectivity index (χ2v) is 2.95. The van der Waals surface area contributed by atoms with Crippen molar-refractivity contribution in [2.75, 3.05) is 0 Å². The van der Waals surface area contributed by atoms with Gasteiger partial charge >= 0.3 is 6.18 Å². The highest BCUT2D eigenvalue weighted by Crippen LogP contribution is 2.32. The van der Waals surface area contributed by atoms with Gasteiger partial charge in [-0.15, -0.1) is 0 Å². The van der Waals surface area contributed by atoms with Gasteiger partial charge in [0.25, 0.3) is 0 Å². The zero-order chi connectivity index (χ0) is 10.8. The van der Waals surface area contributed by atoms with E-state index in [-0.39, 0.29) is 12.1 Å². The van der Waals surface area contributed by atoms with E-state index in [1.165, 1.54) is 0 Å². The van der Waals surface area contributed by atoms with Crippen molar-refractivity contribution >= 4 is 12.8 Å². The molecule has 0 amide bonds. The minimum absolute atomic E-state index is 0.0334. The second-order valence-electron chi connectivity index (χ2n) is 2.63. The van der Waals surface area contributed by atoms with E-state index in [0.29, 0.717) is 6.07 Å². The van der Waals surface area contributed by atoms with Crippen LogP contribution in [0, 0.1) is 5.82 Å². The van der Waals surface area contributed by atoms with Gasteiger partial charge in [0.15, 0.2) is 0 Å². The smallest absolute Gasteiger partial charge is 0.262 e. The average Bonchev–Trinajstić information content (AvgIpc) is 2.07. The van der Waals surface area contributed by atoms with E-state index in [2.05, 4.69) is 17.5 Å². The Balaban J connectivity index is 3.16. The standard InChI is InChI=1S/C8H7F4NS/c9-6-2-1-5(4-13-14)7(3-6)8(10,11)12/h1-3,13-14H,4H2. The van der Waals surface area contributed by atoms with Crippen LogP contribution in [0.5, 0.6) is 0 Å². The van der Waals surface area contributed by atoms with Crippen LogP contribution in [0.3, 0.4) is 0 Å². The maximum Gasteiger partial charge on any atom is 0.416 e. The zero-order valence-corrected chi connectivity index (χ0v) is 7.79. The van der Waals surface area contributed by atoms with Gasteiger partial charge in [0.1, 0.15) is 5.82 Å². The van der Waals surface area contributed by atoms with Crippen LogP contribution in [0.2, 0.25) is 0 Å². The van der Waals surface area contributed by atoms with Crippen LogP contribution in [0.1, 0.15) is 11.1 Å². The first kappa shape index (κ1) is 11.3. The van der Waals surface area contributed by atoms with Gasteiger partial charge in [-0.05, 0) is 17.7 Å². The van der Waals surface area contributed by atoms with Crippen molar-refractivity contribution < 1.29 is 17.6 Å². The molecule has 0 aliphatic rings. The molecule has 1 nitrogen and oxygen atoms in total. The Morgan fingerprint density at radius 1 is 1.29 bits per heavy atom. The first-order chi connectivity index (χ1) is 6.45. The van der Waals surface area contributed by atoms with E-state index in [0.717, 1.165) is 12.1 Å². The number of hydrogen-bond acceptors (Lipinski definition) is 2. The van der Waals surface area contributed by atoms with Gasteiger partial charge < -0.3 is 0 Å². The summed E-state index contributed by atoms with van der Waals surface area (Å²) in [6.45, 7) is -0.0712. The Bertz CT molecular complexity index is 324. The van der Waals surface area contributed by atoms with E-state index in [1.54, 1.807) is 0 Å². The third-order valence-electron chi connectivity index (χ3n) is 1.65. The van der Waals surface area contributed by atoms with Gasteiger partial charge in [0.05, 0.1) is 5.56 Å². The zero-order valence-electron chi connectivity index (χ0n) is 6.90. The fourth-order valence-electron chi connectivity index (χ4n) is 1.05. The predicted octanol–water partition coefficient (Wildman–Crippen LogP) is 2.78. The lowest BCUT2D eigenvalue weighted by molar-refractivity contribution is -0.138. The van der Waals surface area contributed by atoms with Gasteiger partial charge in [0.2, 0.25) is 0 Å². The Labute approximate surface area is 83.7 Å². The highest BCUT2D eigenvalue weighted by Gasteiger charge is 2.33. The molecule has 0 aromatic heterocycles. The monoisotopic (exact) mass is 225 g/mol. The van der Waals surface area contributed by atoms with E-state index in [9.17, 15) is 17.6 Å². The average molecular weight is 225 g/mol. The molecule has 0 unspecified atom stereocenters. The van der Waals surface area contributed by atoms with Crippen LogP contribution in [-0.4, -0.2) is 0 Å². The molecular formula is C8H7F4NS. The van der Waals surface area contributed by atoms with E-state index >= 15 is 0 Å². The van der Waals surface area contributed by atoms with Crippen LogP contribution in [0.25, 0.3) is 0 Å². The lowest BCUT2D eigenvalue weighted by Crippen LogP contribution is -2.12. The summed E-state index contributed by atoms with van der Waals surface area (Å²) < 4.78 is 51.9. The Morgan fingerprint density at radius 2 is 1.93 bits per heavy atom. The van der Waals surface area contributed by atoms with E-state index in [4.69, 9.17) is 0 Å². The van der Waals surface area contributed by atoms with Crippen molar-refractivity contribution in [1.29, 1.82) is 0 Å². The Hall–Kier alpha value is -0.750. The number of hydrogen-bond donors (Lipinski definition) is 2. The maximum absolute atomic E-state index is 12.6. The molecule has 0 saturated carbocycles. The highest BCUT2D eigenvalue weighted by molar-refractivity contribution is 7.78. The number of rotatable bonds is 2. The summed E-state index contributed by atoms with van der Waals surface area (Å²) in [4.78, 5) is 0. The third-order valence-corrected chi connectivity index (χ3v) is 1.80. The molecule has 1 N–H and O–H groups in total. The molecule has 0 bridgehead atoms. The molecule has 0 fully saturated rings. The van der Waals surface area contributed by atoms with Gasteiger partial charge in [0, 0.05) is 6.54 Å². The molecule has 78 valence electrons. The van der Waals surface area contributed by atoms with Gasteiger partial charge in [-0.1, -0.05) is 18.9 Å². The molecule has 14 heavy (non-hydrogen) atoms. The molecular weight excluding hydrogens is 218 g/mol. The molecule has 0 atom stereocenters. The number of thiol groups is 1. The maximum atomic E-state index is 12.6. The van der Waals surface area contributed by atoms with Crippen molar-refractivity contribution in [3.63, 3.8) is 0 Å². The number of alkyl halides is 3. The van der Waals surface area contributed by atoms with Crippen LogP contribution < -0.4 is 4.72 Å². The number of nitrogens with one attached hydrogen (secondary N) is 1. The van der Waals surface area contributed by atoms with E-state index in [1.807, 2.05) is 0 Å². The fourth-order valence-corrected chi connectivity index (χ4v) is 1.22. The molecule has 0 saturated heterocycles. The lowest BCUT2D eigenvalue weighted by Gasteiger charge is -2.11. The summed E-state index contributed by atoms with van der Waals surface area (Å²) in [5.74, 6) is -0.903. The summed E-state index contributed by atoms with van der Waals surface area (Å²) in [7, 11) is 0. The molecule has 0 radical (unpaired) electrons. The molecule has 6 heteroatoms. The van der Waals surface area contributed by atoms with Gasteiger partial charge in [-0.3, -0.25) is 4.72 Å². The van der Waals surface area contributed by atoms with Crippen LogP contribution in [0.4, 0.5) is 17.6 Å². The molecule has 0 heterocycles. The topological polar surface area (TPSA) is 12.0 Å². The molecule has 1 aromatic carbocycles. The molecule has 0 spiro atoms. The van der Waals surface area contributed by atoms with E-state index < -0.39 is 17.6 Å². The van der Waals surface area contributed by atoms with Crippen LogP contribution in [-0.2, 0) is 12.7 Å². The summed E-state index contributed by atoms with van der Waals surface area (Å²) in [5.41, 5.74) is -1.01.